The molecule has 0 aliphatic carbocycles. The van der Waals surface area contributed by atoms with E-state index in [0.29, 0.717) is 53.4 Å². The quantitative estimate of drug-likeness (QED) is 0.303. The minimum absolute atomic E-state index is 0.165. The van der Waals surface area contributed by atoms with E-state index < -0.39 is 10.0 Å². The fourth-order valence-electron chi connectivity index (χ4n) is 5.04. The van der Waals surface area contributed by atoms with Crippen LogP contribution in [0.2, 0.25) is 5.02 Å². The number of Topliss-reactive ketones (excluding diaryl/α,β-unsaturated/α-hetero) is 1. The van der Waals surface area contributed by atoms with E-state index in [9.17, 15) is 18.0 Å². The van der Waals surface area contributed by atoms with Crippen molar-refractivity contribution in [1.29, 1.82) is 0 Å². The van der Waals surface area contributed by atoms with Gasteiger partial charge in [0, 0.05) is 60.7 Å². The van der Waals surface area contributed by atoms with E-state index in [1.165, 1.54) is 4.31 Å². The predicted octanol–water partition coefficient (Wildman–Crippen LogP) is 4.76. The maximum absolute atomic E-state index is 13.8. The Morgan fingerprint density at radius 1 is 0.923 bits per heavy atom. The highest BCUT2D eigenvalue weighted by Gasteiger charge is 2.28. The Labute approximate surface area is 233 Å². The summed E-state index contributed by atoms with van der Waals surface area (Å²) in [5, 5.41) is 0.923. The number of halogens is 1. The second kappa shape index (κ2) is 11.1. The third-order valence-electron chi connectivity index (χ3n) is 7.23. The Balaban J connectivity index is 1.61. The number of piperazine rings is 1. The fourth-order valence-corrected chi connectivity index (χ4v) is 6.63. The first-order valence-electron chi connectivity index (χ1n) is 12.9. The van der Waals surface area contributed by atoms with Crippen LogP contribution in [0.25, 0.3) is 16.6 Å². The molecule has 3 aromatic carbocycles. The molecular weight excluding hydrogens is 534 g/mol. The van der Waals surface area contributed by atoms with Crippen LogP contribution in [0, 0.1) is 0 Å². The number of para-hydroxylation sites is 1. The second-order valence-corrected chi connectivity index (χ2v) is 12.2. The van der Waals surface area contributed by atoms with E-state index in [2.05, 4.69) is 4.90 Å². The SMILES string of the molecule is CCC(=O)c1c(Cc2ccc(S(=O)(=O)N3CCN(C)CC3)cc2)c(=O)c2ccc(Cl)cc2n1-c1ccccc1. The summed E-state index contributed by atoms with van der Waals surface area (Å²) >= 11 is 6.33. The van der Waals surface area contributed by atoms with E-state index >= 15 is 0 Å². The zero-order valence-electron chi connectivity index (χ0n) is 21.9. The molecule has 0 spiro atoms. The van der Waals surface area contributed by atoms with Crippen molar-refractivity contribution in [3.05, 3.63) is 105 Å². The summed E-state index contributed by atoms with van der Waals surface area (Å²) in [6.45, 7) is 4.04. The van der Waals surface area contributed by atoms with Crippen molar-refractivity contribution < 1.29 is 13.2 Å². The Bertz CT molecular complexity index is 1690. The van der Waals surface area contributed by atoms with Gasteiger partial charge in [0.2, 0.25) is 10.0 Å². The summed E-state index contributed by atoms with van der Waals surface area (Å²) in [4.78, 5) is 29.5. The molecule has 1 aromatic heterocycles. The molecule has 0 bridgehead atoms. The molecule has 1 aliphatic heterocycles. The van der Waals surface area contributed by atoms with E-state index in [1.54, 1.807) is 49.4 Å². The minimum Gasteiger partial charge on any atom is -0.306 e. The van der Waals surface area contributed by atoms with Crippen molar-refractivity contribution in [2.75, 3.05) is 33.2 Å². The Hall–Kier alpha value is -3.30. The molecule has 1 fully saturated rings. The van der Waals surface area contributed by atoms with Crippen molar-refractivity contribution in [2.24, 2.45) is 0 Å². The van der Waals surface area contributed by atoms with E-state index in [-0.39, 0.29) is 28.9 Å². The third-order valence-corrected chi connectivity index (χ3v) is 9.38. The molecule has 5 rings (SSSR count). The number of sulfonamides is 1. The summed E-state index contributed by atoms with van der Waals surface area (Å²) in [6, 6.07) is 21.1. The highest BCUT2D eigenvalue weighted by molar-refractivity contribution is 7.89. The van der Waals surface area contributed by atoms with E-state index in [1.807, 2.05) is 41.9 Å². The van der Waals surface area contributed by atoms with Gasteiger partial charge in [0.05, 0.1) is 16.1 Å². The lowest BCUT2D eigenvalue weighted by Gasteiger charge is -2.31. The van der Waals surface area contributed by atoms with Gasteiger partial charge in [-0.05, 0) is 55.1 Å². The Morgan fingerprint density at radius 2 is 1.59 bits per heavy atom. The monoisotopic (exact) mass is 563 g/mol. The number of hydrogen-bond donors (Lipinski definition) is 0. The summed E-state index contributed by atoms with van der Waals surface area (Å²) in [5.74, 6) is -0.165. The molecule has 1 saturated heterocycles. The molecule has 39 heavy (non-hydrogen) atoms. The summed E-state index contributed by atoms with van der Waals surface area (Å²) in [5.41, 5.74) is 2.50. The number of carbonyl (C=O) groups is 1. The number of nitrogens with zero attached hydrogens (tertiary/aromatic N) is 3. The largest absolute Gasteiger partial charge is 0.306 e. The van der Waals surface area contributed by atoms with Crippen LogP contribution in [0.1, 0.15) is 35.0 Å². The van der Waals surface area contributed by atoms with Gasteiger partial charge in [-0.25, -0.2) is 8.42 Å². The van der Waals surface area contributed by atoms with Gasteiger partial charge in [-0.15, -0.1) is 0 Å². The standard InChI is InChI=1S/C30H30ClN3O4S/c1-3-28(35)29-26(19-21-9-12-24(13-10-21)39(37,38)33-17-15-32(2)16-18-33)30(36)25-14-11-22(31)20-27(25)34(29)23-7-5-4-6-8-23/h4-14,20H,3,15-19H2,1-2H3. The lowest BCUT2D eigenvalue weighted by molar-refractivity contribution is 0.0980. The summed E-state index contributed by atoms with van der Waals surface area (Å²) in [7, 11) is -1.63. The van der Waals surface area contributed by atoms with Crippen LogP contribution in [0.15, 0.2) is 82.5 Å². The van der Waals surface area contributed by atoms with Gasteiger partial charge in [-0.1, -0.05) is 48.9 Å². The summed E-state index contributed by atoms with van der Waals surface area (Å²) < 4.78 is 29.7. The minimum atomic E-state index is -3.61. The number of carbonyl (C=O) groups excluding carboxylic acids is 1. The topological polar surface area (TPSA) is 79.7 Å². The molecule has 202 valence electrons. The van der Waals surface area contributed by atoms with Crippen LogP contribution in [0.5, 0.6) is 0 Å². The number of rotatable bonds is 7. The highest BCUT2D eigenvalue weighted by Crippen LogP contribution is 2.27. The number of ketones is 1. The zero-order chi connectivity index (χ0) is 27.7. The molecular formula is C30H30ClN3O4S. The molecule has 0 atom stereocenters. The molecule has 0 amide bonds. The normalized spacial score (nSPS) is 15.1. The van der Waals surface area contributed by atoms with Crippen molar-refractivity contribution in [2.45, 2.75) is 24.7 Å². The third kappa shape index (κ3) is 5.30. The van der Waals surface area contributed by atoms with Crippen LogP contribution >= 0.6 is 11.6 Å². The van der Waals surface area contributed by atoms with Gasteiger partial charge in [-0.3, -0.25) is 9.59 Å². The molecule has 9 heteroatoms. The number of hydrogen-bond acceptors (Lipinski definition) is 5. The lowest BCUT2D eigenvalue weighted by Crippen LogP contribution is -2.46. The number of likely N-dealkylation sites (N-methyl/N-ethyl adjacent to an activating group) is 1. The van der Waals surface area contributed by atoms with Gasteiger partial charge in [0.25, 0.3) is 0 Å². The molecule has 7 nitrogen and oxygen atoms in total. The molecule has 0 unspecified atom stereocenters. The smallest absolute Gasteiger partial charge is 0.243 e. The van der Waals surface area contributed by atoms with Crippen LogP contribution in [-0.2, 0) is 16.4 Å². The second-order valence-electron chi connectivity index (χ2n) is 9.79. The molecule has 2 heterocycles. The molecule has 0 N–H and O–H groups in total. The molecule has 0 saturated carbocycles. The predicted molar refractivity (Wildman–Crippen MR) is 155 cm³/mol. The molecule has 4 aromatic rings. The maximum Gasteiger partial charge on any atom is 0.243 e. The fraction of sp³-hybridized carbons (Fsp3) is 0.267. The average Bonchev–Trinajstić information content (AvgIpc) is 2.94. The van der Waals surface area contributed by atoms with Crippen LogP contribution in [0.3, 0.4) is 0 Å². The number of benzene rings is 3. The lowest BCUT2D eigenvalue weighted by atomic mass is 9.97. The van der Waals surface area contributed by atoms with Gasteiger partial charge >= 0.3 is 0 Å². The summed E-state index contributed by atoms with van der Waals surface area (Å²) in [6.07, 6.45) is 0.397. The average molecular weight is 564 g/mol. The van der Waals surface area contributed by atoms with Gasteiger partial charge in [-0.2, -0.15) is 4.31 Å². The Morgan fingerprint density at radius 3 is 2.23 bits per heavy atom. The van der Waals surface area contributed by atoms with Crippen molar-refractivity contribution >= 4 is 38.3 Å². The van der Waals surface area contributed by atoms with Crippen LogP contribution in [0.4, 0.5) is 0 Å². The van der Waals surface area contributed by atoms with Crippen molar-refractivity contribution in [3.63, 3.8) is 0 Å². The molecule has 0 radical (unpaired) electrons. The zero-order valence-corrected chi connectivity index (χ0v) is 23.5. The molecule has 1 aliphatic rings. The van der Waals surface area contributed by atoms with Crippen molar-refractivity contribution in [3.8, 4) is 5.69 Å². The van der Waals surface area contributed by atoms with Crippen LogP contribution < -0.4 is 5.43 Å². The van der Waals surface area contributed by atoms with E-state index in [4.69, 9.17) is 11.6 Å². The first-order chi connectivity index (χ1) is 18.7. The number of fused-ring (bicyclic) bond motifs is 1. The maximum atomic E-state index is 13.8. The van der Waals surface area contributed by atoms with E-state index in [0.717, 1.165) is 11.3 Å². The number of pyridine rings is 1. The number of aromatic nitrogens is 1. The van der Waals surface area contributed by atoms with Gasteiger partial charge in [0.1, 0.15) is 0 Å². The van der Waals surface area contributed by atoms with Gasteiger partial charge in [0.15, 0.2) is 11.2 Å². The van der Waals surface area contributed by atoms with Crippen molar-refractivity contribution in [1.82, 2.24) is 13.8 Å². The van der Waals surface area contributed by atoms with Crippen LogP contribution in [-0.4, -0.2) is 61.2 Å². The first kappa shape index (κ1) is 27.3. The first-order valence-corrected chi connectivity index (χ1v) is 14.8. The van der Waals surface area contributed by atoms with Gasteiger partial charge < -0.3 is 9.47 Å². The Kier molecular flexibility index (Phi) is 7.73. The highest BCUT2D eigenvalue weighted by atomic mass is 35.5.